The van der Waals surface area contributed by atoms with Crippen molar-refractivity contribution in [2.24, 2.45) is 0 Å². The molecule has 0 radical (unpaired) electrons. The summed E-state index contributed by atoms with van der Waals surface area (Å²) in [7, 11) is 0. The number of halogens is 2. The van der Waals surface area contributed by atoms with E-state index in [9.17, 15) is 14.3 Å². The number of benzene rings is 1. The number of carbonyl (C=O) groups is 1. The molecule has 0 saturated carbocycles. The molecule has 7 nitrogen and oxygen atoms in total. The molecule has 1 amide bonds. The van der Waals surface area contributed by atoms with Gasteiger partial charge in [0.2, 0.25) is 0 Å². The van der Waals surface area contributed by atoms with E-state index in [0.29, 0.717) is 15.2 Å². The van der Waals surface area contributed by atoms with Crippen LogP contribution in [0.4, 0.5) is 15.1 Å². The van der Waals surface area contributed by atoms with Crippen molar-refractivity contribution in [1.29, 1.82) is 0 Å². The number of hydroxylamine groups is 1. The van der Waals surface area contributed by atoms with E-state index in [2.05, 4.69) is 15.8 Å². The summed E-state index contributed by atoms with van der Waals surface area (Å²) < 4.78 is 15.0. The van der Waals surface area contributed by atoms with E-state index in [-0.39, 0.29) is 17.9 Å². The first-order chi connectivity index (χ1) is 13.0. The molecule has 0 aliphatic rings. The number of amides is 1. The van der Waals surface area contributed by atoms with Crippen LogP contribution in [0.25, 0.3) is 10.2 Å². The minimum atomic E-state index is -1.11. The first-order valence-electron chi connectivity index (χ1n) is 7.80. The van der Waals surface area contributed by atoms with Gasteiger partial charge in [0.15, 0.2) is 0 Å². The molecule has 0 saturated heterocycles. The molecule has 1 aromatic carbocycles. The number of thiophene rings is 1. The van der Waals surface area contributed by atoms with Gasteiger partial charge in [-0.2, -0.15) is 0 Å². The SMILES string of the molecule is O=C(NOC[C@H](O)CO)c1c(Nc2ccc(I)cc2F)sc2ncccc12. The third-order valence-corrected chi connectivity index (χ3v) is 5.22. The Labute approximate surface area is 171 Å². The third-order valence-electron chi connectivity index (χ3n) is 3.52. The number of nitrogens with zero attached hydrogens (tertiary/aromatic N) is 1. The van der Waals surface area contributed by atoms with Gasteiger partial charge < -0.3 is 15.5 Å². The number of anilines is 2. The van der Waals surface area contributed by atoms with Crippen LogP contribution in [-0.2, 0) is 4.84 Å². The van der Waals surface area contributed by atoms with Crippen molar-refractivity contribution in [1.82, 2.24) is 10.5 Å². The van der Waals surface area contributed by atoms with Crippen molar-refractivity contribution >= 4 is 60.7 Å². The Morgan fingerprint density at radius 3 is 2.96 bits per heavy atom. The zero-order valence-corrected chi connectivity index (χ0v) is 16.8. The highest BCUT2D eigenvalue weighted by atomic mass is 127. The van der Waals surface area contributed by atoms with Gasteiger partial charge in [-0.25, -0.2) is 14.9 Å². The zero-order chi connectivity index (χ0) is 19.4. The minimum absolute atomic E-state index is 0.229. The number of rotatable bonds is 7. The van der Waals surface area contributed by atoms with Gasteiger partial charge in [-0.05, 0) is 52.9 Å². The average Bonchev–Trinajstić information content (AvgIpc) is 3.01. The molecule has 2 heterocycles. The number of pyridine rings is 1. The summed E-state index contributed by atoms with van der Waals surface area (Å²) in [6.07, 6.45) is 0.494. The molecule has 3 aromatic rings. The summed E-state index contributed by atoms with van der Waals surface area (Å²) in [6.45, 7) is -0.753. The van der Waals surface area contributed by atoms with E-state index in [1.165, 1.54) is 17.4 Å². The summed E-state index contributed by atoms with van der Waals surface area (Å²) in [4.78, 5) is 22.4. The number of fused-ring (bicyclic) bond motifs is 1. The normalized spacial score (nSPS) is 12.1. The van der Waals surface area contributed by atoms with E-state index in [1.54, 1.807) is 30.5 Å². The van der Waals surface area contributed by atoms with Crippen LogP contribution in [0.3, 0.4) is 0 Å². The van der Waals surface area contributed by atoms with Crippen molar-refractivity contribution in [3.63, 3.8) is 0 Å². The Hall–Kier alpha value is -1.86. The van der Waals surface area contributed by atoms with Gasteiger partial charge in [0.05, 0.1) is 17.9 Å². The lowest BCUT2D eigenvalue weighted by atomic mass is 10.2. The van der Waals surface area contributed by atoms with Crippen molar-refractivity contribution in [3.05, 3.63) is 51.5 Å². The van der Waals surface area contributed by atoms with Gasteiger partial charge in [-0.15, -0.1) is 0 Å². The van der Waals surface area contributed by atoms with Gasteiger partial charge in [0.1, 0.15) is 28.4 Å². The summed E-state index contributed by atoms with van der Waals surface area (Å²) in [5.74, 6) is -1.02. The van der Waals surface area contributed by atoms with Crippen LogP contribution in [0.2, 0.25) is 0 Å². The summed E-state index contributed by atoms with van der Waals surface area (Å²) in [5, 5.41) is 22.0. The van der Waals surface area contributed by atoms with E-state index < -0.39 is 24.4 Å². The Kier molecular flexibility index (Phi) is 6.55. The number of aliphatic hydroxyl groups excluding tert-OH is 2. The molecular weight excluding hydrogens is 488 g/mol. The largest absolute Gasteiger partial charge is 0.394 e. The van der Waals surface area contributed by atoms with Crippen LogP contribution in [0.15, 0.2) is 36.5 Å². The molecule has 0 spiro atoms. The van der Waals surface area contributed by atoms with E-state index in [1.807, 2.05) is 22.6 Å². The van der Waals surface area contributed by atoms with Gasteiger partial charge in [-0.1, -0.05) is 11.3 Å². The van der Waals surface area contributed by atoms with Crippen LogP contribution < -0.4 is 10.8 Å². The maximum Gasteiger partial charge on any atom is 0.278 e. The fraction of sp³-hybridized carbons (Fsp3) is 0.176. The lowest BCUT2D eigenvalue weighted by molar-refractivity contribution is -0.0294. The first-order valence-corrected chi connectivity index (χ1v) is 9.69. The van der Waals surface area contributed by atoms with Crippen LogP contribution in [0.1, 0.15) is 10.4 Å². The quantitative estimate of drug-likeness (QED) is 0.292. The number of carbonyl (C=O) groups excluding carboxylic acids is 1. The molecule has 0 aliphatic heterocycles. The van der Waals surface area contributed by atoms with E-state index in [0.717, 1.165) is 3.57 Å². The Morgan fingerprint density at radius 2 is 2.22 bits per heavy atom. The predicted octanol–water partition coefficient (Wildman–Crippen LogP) is 2.80. The zero-order valence-electron chi connectivity index (χ0n) is 13.8. The van der Waals surface area contributed by atoms with Gasteiger partial charge >= 0.3 is 0 Å². The summed E-state index contributed by atoms with van der Waals surface area (Å²) in [6, 6.07) is 8.14. The molecule has 3 rings (SSSR count). The monoisotopic (exact) mass is 503 g/mol. The molecule has 4 N–H and O–H groups in total. The summed E-state index contributed by atoms with van der Waals surface area (Å²) >= 11 is 3.22. The molecule has 0 unspecified atom stereocenters. The Bertz CT molecular complexity index is 969. The van der Waals surface area contributed by atoms with Crippen molar-refractivity contribution in [2.75, 3.05) is 18.5 Å². The van der Waals surface area contributed by atoms with Crippen molar-refractivity contribution in [3.8, 4) is 0 Å². The van der Waals surface area contributed by atoms with Crippen molar-refractivity contribution < 1.29 is 24.2 Å². The maximum absolute atomic E-state index is 14.2. The number of hydrogen-bond acceptors (Lipinski definition) is 7. The number of nitrogens with one attached hydrogen (secondary N) is 2. The second-order valence-corrected chi connectivity index (χ2v) is 7.73. The number of aliphatic hydroxyl groups is 2. The standard InChI is InChI=1S/C17H15FIN3O4S/c18-12-6-9(19)3-4-13(12)21-17-14(11-2-1-5-20-16(11)27-17)15(25)22-26-8-10(24)7-23/h1-6,10,21,23-24H,7-8H2,(H,22,25)/t10-/m1/s1. The second-order valence-electron chi connectivity index (χ2n) is 5.49. The fourth-order valence-electron chi connectivity index (χ4n) is 2.27. The molecule has 0 aliphatic carbocycles. The number of hydrogen-bond donors (Lipinski definition) is 4. The molecule has 0 bridgehead atoms. The lowest BCUT2D eigenvalue weighted by Crippen LogP contribution is -2.30. The van der Waals surface area contributed by atoms with Crippen LogP contribution in [0.5, 0.6) is 0 Å². The molecule has 0 fully saturated rings. The molecule has 2 aromatic heterocycles. The van der Waals surface area contributed by atoms with E-state index >= 15 is 0 Å². The predicted molar refractivity (Wildman–Crippen MR) is 109 cm³/mol. The second kappa shape index (κ2) is 8.89. The van der Waals surface area contributed by atoms with Crippen LogP contribution in [-0.4, -0.2) is 40.4 Å². The topological polar surface area (TPSA) is 104 Å². The molecule has 27 heavy (non-hydrogen) atoms. The highest BCUT2D eigenvalue weighted by Gasteiger charge is 2.21. The van der Waals surface area contributed by atoms with Gasteiger partial charge in [0.25, 0.3) is 5.91 Å². The smallest absolute Gasteiger partial charge is 0.278 e. The van der Waals surface area contributed by atoms with Gasteiger partial charge in [0, 0.05) is 15.2 Å². The van der Waals surface area contributed by atoms with Crippen molar-refractivity contribution in [2.45, 2.75) is 6.10 Å². The molecule has 1 atom stereocenters. The summed E-state index contributed by atoms with van der Waals surface area (Å²) in [5.41, 5.74) is 2.71. The highest BCUT2D eigenvalue weighted by Crippen LogP contribution is 2.36. The van der Waals surface area contributed by atoms with Crippen LogP contribution in [0, 0.1) is 9.39 Å². The van der Waals surface area contributed by atoms with Gasteiger partial charge in [-0.3, -0.25) is 9.63 Å². The third kappa shape index (κ3) is 4.71. The Morgan fingerprint density at radius 1 is 1.41 bits per heavy atom. The lowest BCUT2D eigenvalue weighted by Gasteiger charge is -2.11. The highest BCUT2D eigenvalue weighted by molar-refractivity contribution is 14.1. The number of aromatic nitrogens is 1. The molecule has 10 heteroatoms. The minimum Gasteiger partial charge on any atom is -0.394 e. The fourth-order valence-corrected chi connectivity index (χ4v) is 3.77. The average molecular weight is 503 g/mol. The van der Waals surface area contributed by atoms with E-state index in [4.69, 9.17) is 9.94 Å². The maximum atomic E-state index is 14.2. The first kappa shape index (κ1) is 19.9. The molecular formula is C17H15FIN3O4S. The Balaban J connectivity index is 1.90. The van der Waals surface area contributed by atoms with Crippen LogP contribution >= 0.6 is 33.9 Å². The molecule has 142 valence electrons.